The van der Waals surface area contributed by atoms with Crippen LogP contribution in [0.2, 0.25) is 0 Å². The number of ether oxygens (including phenoxy) is 1. The summed E-state index contributed by atoms with van der Waals surface area (Å²) in [4.78, 5) is 7.57. The number of benzene rings is 1. The summed E-state index contributed by atoms with van der Waals surface area (Å²) in [5.41, 5.74) is 2.66. The standard InChI is InChI=1S/C15H15FN4O/c1-4-7-21-15-17-9-12(16)14(18-15)20-19-13-8-10(2)5-6-11(13)3/h4-6,8-9H,1,7H2,2-3H3/b20-19+. The lowest BCUT2D eigenvalue weighted by Gasteiger charge is -2.02. The van der Waals surface area contributed by atoms with Crippen LogP contribution in [0.1, 0.15) is 11.1 Å². The van der Waals surface area contributed by atoms with Gasteiger partial charge in [0.05, 0.1) is 11.9 Å². The number of halogens is 1. The molecule has 2 aromatic rings. The normalized spacial score (nSPS) is 10.8. The van der Waals surface area contributed by atoms with Crippen LogP contribution in [-0.4, -0.2) is 16.6 Å². The molecule has 0 aliphatic rings. The maximum absolute atomic E-state index is 13.6. The summed E-state index contributed by atoms with van der Waals surface area (Å²) in [5, 5.41) is 7.88. The molecule has 21 heavy (non-hydrogen) atoms. The van der Waals surface area contributed by atoms with Crippen LogP contribution < -0.4 is 4.74 Å². The Morgan fingerprint density at radius 1 is 1.33 bits per heavy atom. The fraction of sp³-hybridized carbons (Fsp3) is 0.200. The lowest BCUT2D eigenvalue weighted by molar-refractivity contribution is 0.331. The van der Waals surface area contributed by atoms with Crippen molar-refractivity contribution in [2.24, 2.45) is 10.2 Å². The second-order valence-corrected chi connectivity index (χ2v) is 4.41. The Kier molecular flexibility index (Phi) is 4.71. The molecular weight excluding hydrogens is 271 g/mol. The van der Waals surface area contributed by atoms with Crippen LogP contribution in [0.5, 0.6) is 6.01 Å². The SMILES string of the molecule is C=CCOc1ncc(F)c(/N=N/c2cc(C)ccc2C)n1. The Morgan fingerprint density at radius 3 is 2.90 bits per heavy atom. The van der Waals surface area contributed by atoms with Gasteiger partial charge < -0.3 is 4.74 Å². The van der Waals surface area contributed by atoms with E-state index in [4.69, 9.17) is 4.74 Å². The highest BCUT2D eigenvalue weighted by molar-refractivity contribution is 5.47. The first kappa shape index (κ1) is 14.8. The van der Waals surface area contributed by atoms with Crippen LogP contribution in [0, 0.1) is 19.7 Å². The van der Waals surface area contributed by atoms with E-state index in [0.717, 1.165) is 17.3 Å². The van der Waals surface area contributed by atoms with Crippen molar-refractivity contribution < 1.29 is 9.13 Å². The van der Waals surface area contributed by atoms with Crippen molar-refractivity contribution in [1.29, 1.82) is 0 Å². The molecule has 108 valence electrons. The zero-order chi connectivity index (χ0) is 15.2. The third-order valence-corrected chi connectivity index (χ3v) is 2.65. The van der Waals surface area contributed by atoms with E-state index in [-0.39, 0.29) is 18.4 Å². The summed E-state index contributed by atoms with van der Waals surface area (Å²) < 4.78 is 18.8. The maximum Gasteiger partial charge on any atom is 0.318 e. The lowest BCUT2D eigenvalue weighted by atomic mass is 10.1. The molecule has 0 saturated carbocycles. The van der Waals surface area contributed by atoms with Gasteiger partial charge in [-0.1, -0.05) is 24.8 Å². The number of hydrogen-bond donors (Lipinski definition) is 0. The molecule has 0 saturated heterocycles. The van der Waals surface area contributed by atoms with E-state index in [0.29, 0.717) is 5.69 Å². The number of aryl methyl sites for hydroxylation is 2. The molecule has 2 rings (SSSR count). The predicted octanol–water partition coefficient (Wildman–Crippen LogP) is 4.21. The van der Waals surface area contributed by atoms with Gasteiger partial charge >= 0.3 is 6.01 Å². The van der Waals surface area contributed by atoms with Crippen molar-refractivity contribution in [3.8, 4) is 6.01 Å². The molecule has 1 heterocycles. The van der Waals surface area contributed by atoms with Crippen LogP contribution in [0.15, 0.2) is 47.3 Å². The zero-order valence-electron chi connectivity index (χ0n) is 11.9. The summed E-state index contributed by atoms with van der Waals surface area (Å²) in [7, 11) is 0. The van der Waals surface area contributed by atoms with Gasteiger partial charge in [0.2, 0.25) is 5.82 Å². The van der Waals surface area contributed by atoms with E-state index in [2.05, 4.69) is 26.8 Å². The van der Waals surface area contributed by atoms with E-state index in [9.17, 15) is 4.39 Å². The quantitative estimate of drug-likeness (QED) is 0.611. The average molecular weight is 286 g/mol. The molecule has 0 N–H and O–H groups in total. The first-order valence-corrected chi connectivity index (χ1v) is 6.35. The Balaban J connectivity index is 2.27. The van der Waals surface area contributed by atoms with Gasteiger partial charge in [-0.15, -0.1) is 10.2 Å². The number of nitrogens with zero attached hydrogens (tertiary/aromatic N) is 4. The van der Waals surface area contributed by atoms with Crippen molar-refractivity contribution in [2.75, 3.05) is 6.61 Å². The lowest BCUT2D eigenvalue weighted by Crippen LogP contribution is -1.98. The molecule has 5 nitrogen and oxygen atoms in total. The summed E-state index contributed by atoms with van der Waals surface area (Å²) in [6, 6.07) is 5.80. The highest BCUT2D eigenvalue weighted by Crippen LogP contribution is 2.24. The third kappa shape index (κ3) is 3.92. The molecule has 0 aliphatic heterocycles. The smallest absolute Gasteiger partial charge is 0.318 e. The minimum atomic E-state index is -0.657. The summed E-state index contributed by atoms with van der Waals surface area (Å²) in [6.45, 7) is 7.60. The predicted molar refractivity (Wildman–Crippen MR) is 77.8 cm³/mol. The summed E-state index contributed by atoms with van der Waals surface area (Å²) >= 11 is 0. The van der Waals surface area contributed by atoms with Crippen LogP contribution in [0.25, 0.3) is 0 Å². The summed E-state index contributed by atoms with van der Waals surface area (Å²) in [6.07, 6.45) is 2.55. The van der Waals surface area contributed by atoms with Gasteiger partial charge in [0, 0.05) is 0 Å². The Bertz CT molecular complexity index is 685. The molecule has 1 aromatic heterocycles. The first-order chi connectivity index (χ1) is 10.1. The Labute approximate surface area is 122 Å². The monoisotopic (exact) mass is 286 g/mol. The van der Waals surface area contributed by atoms with E-state index in [1.807, 2.05) is 32.0 Å². The molecule has 0 atom stereocenters. The van der Waals surface area contributed by atoms with E-state index in [1.54, 1.807) is 6.08 Å². The fourth-order valence-corrected chi connectivity index (χ4v) is 1.54. The average Bonchev–Trinajstić information content (AvgIpc) is 2.48. The second-order valence-electron chi connectivity index (χ2n) is 4.41. The number of aromatic nitrogens is 2. The van der Waals surface area contributed by atoms with Crippen molar-refractivity contribution in [3.63, 3.8) is 0 Å². The molecule has 1 aromatic carbocycles. The van der Waals surface area contributed by atoms with Gasteiger partial charge in [-0.05, 0) is 31.0 Å². The fourth-order valence-electron chi connectivity index (χ4n) is 1.54. The molecule has 0 unspecified atom stereocenters. The molecule has 6 heteroatoms. The molecular formula is C15H15FN4O. The molecule has 0 amide bonds. The van der Waals surface area contributed by atoms with Crippen LogP contribution >= 0.6 is 0 Å². The topological polar surface area (TPSA) is 59.7 Å². The first-order valence-electron chi connectivity index (χ1n) is 6.35. The largest absolute Gasteiger partial charge is 0.459 e. The van der Waals surface area contributed by atoms with Crippen LogP contribution in [-0.2, 0) is 0 Å². The van der Waals surface area contributed by atoms with Crippen LogP contribution in [0.3, 0.4) is 0 Å². The molecule has 0 spiro atoms. The minimum Gasteiger partial charge on any atom is -0.459 e. The Hall–Kier alpha value is -2.63. The highest BCUT2D eigenvalue weighted by atomic mass is 19.1. The van der Waals surface area contributed by atoms with E-state index < -0.39 is 5.82 Å². The van der Waals surface area contributed by atoms with Gasteiger partial charge in [-0.25, -0.2) is 9.37 Å². The van der Waals surface area contributed by atoms with Crippen molar-refractivity contribution >= 4 is 11.5 Å². The second kappa shape index (κ2) is 6.69. The van der Waals surface area contributed by atoms with E-state index in [1.165, 1.54) is 0 Å². The number of azo groups is 1. The van der Waals surface area contributed by atoms with Crippen LogP contribution in [0.4, 0.5) is 15.9 Å². The third-order valence-electron chi connectivity index (χ3n) is 2.65. The van der Waals surface area contributed by atoms with Gasteiger partial charge in [-0.2, -0.15) is 4.98 Å². The van der Waals surface area contributed by atoms with Crippen molar-refractivity contribution in [1.82, 2.24) is 9.97 Å². The minimum absolute atomic E-state index is 0.0335. The van der Waals surface area contributed by atoms with Gasteiger partial charge in [0.1, 0.15) is 6.61 Å². The van der Waals surface area contributed by atoms with Gasteiger partial charge in [-0.3, -0.25) is 0 Å². The summed E-state index contributed by atoms with van der Waals surface area (Å²) in [5.74, 6) is -0.819. The zero-order valence-corrected chi connectivity index (χ0v) is 11.9. The molecule has 0 bridgehead atoms. The number of rotatable bonds is 5. The molecule has 0 radical (unpaired) electrons. The molecule has 0 aliphatic carbocycles. The molecule has 0 fully saturated rings. The highest BCUT2D eigenvalue weighted by Gasteiger charge is 2.07. The van der Waals surface area contributed by atoms with Crippen molar-refractivity contribution in [2.45, 2.75) is 13.8 Å². The van der Waals surface area contributed by atoms with E-state index >= 15 is 0 Å². The van der Waals surface area contributed by atoms with Gasteiger partial charge in [0.25, 0.3) is 0 Å². The number of hydrogen-bond acceptors (Lipinski definition) is 5. The Morgan fingerprint density at radius 2 is 2.14 bits per heavy atom. The maximum atomic E-state index is 13.6. The van der Waals surface area contributed by atoms with Gasteiger partial charge in [0.15, 0.2) is 5.82 Å². The van der Waals surface area contributed by atoms with Crippen molar-refractivity contribution in [3.05, 3.63) is 54.0 Å².